The molecule has 0 fully saturated rings. The first-order valence-corrected chi connectivity index (χ1v) is 12.8. The highest BCUT2D eigenvalue weighted by atomic mass is 79.9. The third-order valence-corrected chi connectivity index (χ3v) is 7.52. The van der Waals surface area contributed by atoms with Gasteiger partial charge in [0.1, 0.15) is 5.75 Å². The number of rotatable bonds is 6. The van der Waals surface area contributed by atoms with E-state index in [1.807, 2.05) is 60.0 Å². The Hall–Kier alpha value is -2.71. The van der Waals surface area contributed by atoms with Gasteiger partial charge in [0.2, 0.25) is 0 Å². The van der Waals surface area contributed by atoms with Crippen molar-refractivity contribution in [1.82, 2.24) is 4.98 Å². The lowest BCUT2D eigenvalue weighted by Gasteiger charge is -2.19. The number of nitrogens with zero attached hydrogens (tertiary/aromatic N) is 1. The highest BCUT2D eigenvalue weighted by Crippen LogP contribution is 2.35. The van der Waals surface area contributed by atoms with E-state index >= 15 is 0 Å². The quantitative estimate of drug-likeness (QED) is 0.230. The van der Waals surface area contributed by atoms with Gasteiger partial charge in [-0.3, -0.25) is 10.1 Å². The van der Waals surface area contributed by atoms with Crippen molar-refractivity contribution in [2.24, 2.45) is 0 Å². The number of halogens is 2. The summed E-state index contributed by atoms with van der Waals surface area (Å²) in [6, 6.07) is 23.3. The summed E-state index contributed by atoms with van der Waals surface area (Å²) in [6.07, 6.45) is 1.34. The number of thiazole rings is 1. The van der Waals surface area contributed by atoms with Crippen molar-refractivity contribution in [2.75, 3.05) is 5.32 Å². The predicted molar refractivity (Wildman–Crippen MR) is 140 cm³/mol. The number of ether oxygens (including phenoxy) is 1. The van der Waals surface area contributed by atoms with Crippen LogP contribution in [-0.2, 0) is 0 Å². The maximum absolute atomic E-state index is 12.4. The van der Waals surface area contributed by atoms with Crippen molar-refractivity contribution in [1.29, 1.82) is 0 Å². The van der Waals surface area contributed by atoms with Crippen LogP contribution in [0.2, 0.25) is 5.02 Å². The third-order valence-electron chi connectivity index (χ3n) is 4.95. The monoisotopic (exact) mass is 554 g/mol. The molecule has 164 valence electrons. The molecule has 0 aliphatic heterocycles. The number of thiophene rings is 1. The molecule has 1 amide bonds. The maximum Gasteiger partial charge on any atom is 0.267 e. The maximum atomic E-state index is 12.4. The molecule has 4 nitrogen and oxygen atoms in total. The number of hydrogen-bond acceptors (Lipinski definition) is 5. The van der Waals surface area contributed by atoms with Crippen LogP contribution in [0.15, 0.2) is 88.8 Å². The molecule has 33 heavy (non-hydrogen) atoms. The molecule has 1 unspecified atom stereocenters. The van der Waals surface area contributed by atoms with Crippen molar-refractivity contribution < 1.29 is 9.53 Å². The lowest BCUT2D eigenvalue weighted by molar-refractivity contribution is 0.103. The summed E-state index contributed by atoms with van der Waals surface area (Å²) in [5, 5.41) is 8.12. The highest BCUT2D eigenvalue weighted by molar-refractivity contribution is 9.10. The van der Waals surface area contributed by atoms with E-state index in [2.05, 4.69) is 38.4 Å². The van der Waals surface area contributed by atoms with Gasteiger partial charge in [-0.2, -0.15) is 0 Å². The van der Waals surface area contributed by atoms with Crippen LogP contribution in [0.5, 0.6) is 5.75 Å². The zero-order valence-corrected chi connectivity index (χ0v) is 21.0. The molecule has 0 bridgehead atoms. The van der Waals surface area contributed by atoms with Gasteiger partial charge >= 0.3 is 0 Å². The minimum Gasteiger partial charge on any atom is -0.480 e. The minimum absolute atomic E-state index is 0.171. The highest BCUT2D eigenvalue weighted by Gasteiger charge is 2.21. The van der Waals surface area contributed by atoms with E-state index in [-0.39, 0.29) is 5.91 Å². The number of hydrogen-bond donors (Lipinski definition) is 1. The lowest BCUT2D eigenvalue weighted by atomic mass is 10.1. The van der Waals surface area contributed by atoms with Crippen LogP contribution in [0.25, 0.3) is 10.8 Å². The van der Waals surface area contributed by atoms with Gasteiger partial charge in [-0.25, -0.2) is 4.98 Å². The van der Waals surface area contributed by atoms with Crippen molar-refractivity contribution >= 4 is 72.0 Å². The Morgan fingerprint density at radius 3 is 2.61 bits per heavy atom. The van der Waals surface area contributed by atoms with Crippen LogP contribution in [-0.4, -0.2) is 10.9 Å². The van der Waals surface area contributed by atoms with Gasteiger partial charge in [-0.05, 0) is 64.2 Å². The van der Waals surface area contributed by atoms with E-state index in [9.17, 15) is 4.79 Å². The van der Waals surface area contributed by atoms with E-state index in [0.29, 0.717) is 15.0 Å². The molecule has 0 aliphatic carbocycles. The number of nitrogens with one attached hydrogen (secondary N) is 1. The molecule has 0 radical (unpaired) electrons. The molecule has 5 rings (SSSR count). The predicted octanol–water partition coefficient (Wildman–Crippen LogP) is 8.19. The van der Waals surface area contributed by atoms with E-state index < -0.39 is 6.10 Å². The van der Waals surface area contributed by atoms with Crippen LogP contribution in [0.4, 0.5) is 5.13 Å². The van der Waals surface area contributed by atoms with Gasteiger partial charge in [0.25, 0.3) is 5.91 Å². The van der Waals surface area contributed by atoms with Gasteiger partial charge in [0, 0.05) is 15.7 Å². The fraction of sp³-hybridized carbons (Fsp3) is 0.0400. The van der Waals surface area contributed by atoms with E-state index in [0.717, 1.165) is 31.4 Å². The first-order valence-electron chi connectivity index (χ1n) is 9.97. The fourth-order valence-corrected chi connectivity index (χ4v) is 5.36. The van der Waals surface area contributed by atoms with Crippen LogP contribution >= 0.6 is 50.2 Å². The molecule has 0 saturated carbocycles. The molecule has 1 N–H and O–H groups in total. The number of carbonyl (C=O) groups excluding carboxylic acids is 1. The van der Waals surface area contributed by atoms with Crippen LogP contribution in [0.3, 0.4) is 0 Å². The summed E-state index contributed by atoms with van der Waals surface area (Å²) >= 11 is 12.4. The second-order valence-corrected chi connectivity index (χ2v) is 10.6. The molecular formula is C25H16BrClN2O2S2. The molecule has 0 saturated heterocycles. The molecule has 2 heterocycles. The molecule has 2 aromatic heterocycles. The number of anilines is 1. The fourth-order valence-electron chi connectivity index (χ4n) is 3.36. The van der Waals surface area contributed by atoms with Crippen LogP contribution < -0.4 is 10.1 Å². The Morgan fingerprint density at radius 1 is 1.03 bits per heavy atom. The summed E-state index contributed by atoms with van der Waals surface area (Å²) in [4.78, 5) is 18.3. The van der Waals surface area contributed by atoms with Gasteiger partial charge < -0.3 is 4.74 Å². The zero-order chi connectivity index (χ0) is 22.8. The smallest absolute Gasteiger partial charge is 0.267 e. The normalized spacial score (nSPS) is 11.9. The number of fused-ring (bicyclic) bond motifs is 1. The third kappa shape index (κ3) is 5.12. The number of aromatic nitrogens is 1. The Balaban J connectivity index is 1.45. The first-order chi connectivity index (χ1) is 16.0. The molecule has 8 heteroatoms. The second-order valence-electron chi connectivity index (χ2n) is 7.20. The SMILES string of the molecule is O=C(Nc1ncc(C(Oc2ccc3cc(Br)ccc3c2)c2ccc(Cl)cc2)s1)c1cccs1. The van der Waals surface area contributed by atoms with Crippen LogP contribution in [0.1, 0.15) is 26.2 Å². The minimum atomic E-state index is -0.403. The zero-order valence-electron chi connectivity index (χ0n) is 17.0. The van der Waals surface area contributed by atoms with Gasteiger partial charge in [0.05, 0.1) is 9.75 Å². The molecule has 3 aromatic carbocycles. The molecule has 1 atom stereocenters. The van der Waals surface area contributed by atoms with Gasteiger partial charge in [-0.1, -0.05) is 69.2 Å². The first kappa shape index (κ1) is 22.1. The molecular weight excluding hydrogens is 540 g/mol. The summed E-state index contributed by atoms with van der Waals surface area (Å²) < 4.78 is 7.49. The topological polar surface area (TPSA) is 51.2 Å². The van der Waals surface area contributed by atoms with E-state index in [1.165, 1.54) is 22.7 Å². The lowest BCUT2D eigenvalue weighted by Crippen LogP contribution is -2.09. The molecule has 5 aromatic rings. The number of benzene rings is 3. The second kappa shape index (κ2) is 9.65. The average molecular weight is 556 g/mol. The number of carbonyl (C=O) groups is 1. The standard InChI is InChI=1S/C25H16BrClN2O2S2/c26-18-7-3-17-13-20(10-6-16(17)12-18)31-23(15-4-8-19(27)9-5-15)22-14-28-25(33-22)29-24(30)21-2-1-11-32-21/h1-14,23H,(H,28,29,30). The Labute approximate surface area is 212 Å². The average Bonchev–Trinajstić information content (AvgIpc) is 3.51. The summed E-state index contributed by atoms with van der Waals surface area (Å²) in [5.41, 5.74) is 0.940. The van der Waals surface area contributed by atoms with Crippen molar-refractivity contribution in [3.05, 3.63) is 109 Å². The molecule has 0 aliphatic rings. The van der Waals surface area contributed by atoms with E-state index in [4.69, 9.17) is 16.3 Å². The Kier molecular flexibility index (Phi) is 6.46. The number of amides is 1. The largest absolute Gasteiger partial charge is 0.480 e. The Morgan fingerprint density at radius 2 is 1.82 bits per heavy atom. The summed E-state index contributed by atoms with van der Waals surface area (Å²) in [7, 11) is 0. The van der Waals surface area contributed by atoms with Crippen LogP contribution in [0, 0.1) is 0 Å². The summed E-state index contributed by atoms with van der Waals surface area (Å²) in [5.74, 6) is 0.567. The van der Waals surface area contributed by atoms with E-state index in [1.54, 1.807) is 12.3 Å². The van der Waals surface area contributed by atoms with Crippen molar-refractivity contribution in [3.8, 4) is 5.75 Å². The summed E-state index contributed by atoms with van der Waals surface area (Å²) in [6.45, 7) is 0. The van der Waals surface area contributed by atoms with Gasteiger partial charge in [0.15, 0.2) is 11.2 Å². The van der Waals surface area contributed by atoms with Crippen molar-refractivity contribution in [3.63, 3.8) is 0 Å². The Bertz CT molecular complexity index is 1420. The van der Waals surface area contributed by atoms with Crippen molar-refractivity contribution in [2.45, 2.75) is 6.10 Å². The molecule has 0 spiro atoms. The van der Waals surface area contributed by atoms with Gasteiger partial charge in [-0.15, -0.1) is 11.3 Å².